The highest BCUT2D eigenvalue weighted by atomic mass is 35.5. The number of hydrogen-bond donors (Lipinski definition) is 0. The molecule has 0 saturated heterocycles. The van der Waals surface area contributed by atoms with Crippen LogP contribution in [0.3, 0.4) is 0 Å². The molecule has 12 nitrogen and oxygen atoms in total. The molecule has 0 bridgehead atoms. The molecular formula is C43H55ClN8O4S2. The number of benzene rings is 2. The van der Waals surface area contributed by atoms with Crippen LogP contribution in [0.1, 0.15) is 72.9 Å². The van der Waals surface area contributed by atoms with Gasteiger partial charge in [-0.15, -0.1) is 0 Å². The molecule has 0 aliphatic carbocycles. The Bertz CT molecular complexity index is 2310. The van der Waals surface area contributed by atoms with Crippen LogP contribution in [0.25, 0.3) is 5.57 Å². The second kappa shape index (κ2) is 19.4. The summed E-state index contributed by atoms with van der Waals surface area (Å²) < 4.78 is 48.5. The van der Waals surface area contributed by atoms with Gasteiger partial charge in [-0.05, 0) is 50.3 Å². The maximum absolute atomic E-state index is 11.8. The van der Waals surface area contributed by atoms with E-state index in [1.165, 1.54) is 43.4 Å². The van der Waals surface area contributed by atoms with Crippen LogP contribution in [0.5, 0.6) is 0 Å². The maximum Gasteiger partial charge on any atom is 0.211 e. The van der Waals surface area contributed by atoms with Gasteiger partial charge in [-0.25, -0.2) is 36.8 Å². The van der Waals surface area contributed by atoms with Gasteiger partial charge in [0.15, 0.2) is 0 Å². The van der Waals surface area contributed by atoms with E-state index in [2.05, 4.69) is 92.1 Å². The fourth-order valence-corrected chi connectivity index (χ4v) is 9.39. The molecule has 2 aromatic carbocycles. The van der Waals surface area contributed by atoms with Crippen molar-refractivity contribution in [1.82, 2.24) is 38.3 Å². The van der Waals surface area contributed by atoms with E-state index in [9.17, 15) is 16.8 Å². The topological polar surface area (TPSA) is 133 Å². The van der Waals surface area contributed by atoms with Crippen LogP contribution >= 0.6 is 11.6 Å². The summed E-state index contributed by atoms with van der Waals surface area (Å²) in [6.45, 7) is 12.1. The summed E-state index contributed by atoms with van der Waals surface area (Å²) in [7, 11) is -6.11. The summed E-state index contributed by atoms with van der Waals surface area (Å²) in [6.07, 6.45) is 13.1. The zero-order valence-electron chi connectivity index (χ0n) is 34.1. The van der Waals surface area contributed by atoms with Crippen LogP contribution < -0.4 is 0 Å². The first-order valence-electron chi connectivity index (χ1n) is 19.8. The first kappa shape index (κ1) is 43.7. The Labute approximate surface area is 349 Å². The minimum Gasteiger partial charge on any atom is -0.292 e. The van der Waals surface area contributed by atoms with Crippen LogP contribution in [-0.4, -0.2) is 106 Å². The van der Waals surface area contributed by atoms with E-state index in [4.69, 9.17) is 11.6 Å². The summed E-state index contributed by atoms with van der Waals surface area (Å²) >= 11 is 6.18. The number of hydrogen-bond acceptors (Lipinski definition) is 10. The first-order valence-corrected chi connectivity index (χ1v) is 23.9. The quantitative estimate of drug-likeness (QED) is 0.158. The Hall–Kier alpha value is -3.89. The first-order chi connectivity index (χ1) is 27.7. The zero-order chi connectivity index (χ0) is 41.5. The van der Waals surface area contributed by atoms with Gasteiger partial charge in [0.05, 0.1) is 29.6 Å². The Morgan fingerprint density at radius 1 is 0.655 bits per heavy atom. The molecule has 15 heteroatoms. The minimum atomic E-state index is -3.15. The van der Waals surface area contributed by atoms with E-state index >= 15 is 0 Å². The Morgan fingerprint density at radius 2 is 1.14 bits per heavy atom. The standard InChI is InChI=1S/C21H26N4O2S.C15H16ClN3.C7H13NO2S/c1-16-12-20-19(14-24(16)13-17-6-4-3-5-7-17)21(23-15-22-20)18-8-10-25(11-9-18)28(2,26)27;1-11-7-14-13(15(16)18-10-17-14)9-19(11)8-12-5-3-2-4-6-12;1-7-3-5-8(6-4-7)11(2,9)10/h3-8,15-16H,9-14H2,1-2H3;2-6,10-11H,7-9H2,1H3;3H,4-6H2,1-2H3. The minimum absolute atomic E-state index is 0.413. The molecular weight excluding hydrogens is 792 g/mol. The predicted molar refractivity (Wildman–Crippen MR) is 231 cm³/mol. The van der Waals surface area contributed by atoms with E-state index in [0.29, 0.717) is 49.8 Å². The lowest BCUT2D eigenvalue weighted by molar-refractivity contribution is 0.172. The van der Waals surface area contributed by atoms with Crippen molar-refractivity contribution in [2.24, 2.45) is 0 Å². The molecule has 6 heterocycles. The largest absolute Gasteiger partial charge is 0.292 e. The van der Waals surface area contributed by atoms with Crippen LogP contribution in [0, 0.1) is 0 Å². The molecule has 2 aromatic heterocycles. The predicted octanol–water partition coefficient (Wildman–Crippen LogP) is 6.15. The van der Waals surface area contributed by atoms with Crippen molar-refractivity contribution in [1.29, 1.82) is 0 Å². The third-order valence-electron chi connectivity index (χ3n) is 11.2. The summed E-state index contributed by atoms with van der Waals surface area (Å²) in [5.41, 5.74) is 10.5. The lowest BCUT2D eigenvalue weighted by atomic mass is 9.93. The number of halogens is 1. The molecule has 4 aromatic rings. The molecule has 2 atom stereocenters. The van der Waals surface area contributed by atoms with E-state index in [-0.39, 0.29) is 0 Å². The molecule has 4 aliphatic rings. The summed E-state index contributed by atoms with van der Waals surface area (Å²) in [4.78, 5) is 22.5. The molecule has 310 valence electrons. The average Bonchev–Trinajstić information content (AvgIpc) is 3.19. The van der Waals surface area contributed by atoms with Gasteiger partial charge in [0.1, 0.15) is 17.8 Å². The van der Waals surface area contributed by atoms with Crippen molar-refractivity contribution in [3.63, 3.8) is 0 Å². The maximum atomic E-state index is 11.8. The highest BCUT2D eigenvalue weighted by Crippen LogP contribution is 2.31. The fourth-order valence-electron chi connectivity index (χ4n) is 7.64. The van der Waals surface area contributed by atoms with Crippen molar-refractivity contribution >= 4 is 37.2 Å². The van der Waals surface area contributed by atoms with Crippen molar-refractivity contribution in [3.05, 3.63) is 136 Å². The van der Waals surface area contributed by atoms with Gasteiger partial charge < -0.3 is 0 Å². The fraction of sp³-hybridized carbons (Fsp3) is 0.442. The summed E-state index contributed by atoms with van der Waals surface area (Å²) in [5.74, 6) is 0. The van der Waals surface area contributed by atoms with Gasteiger partial charge in [0, 0.05) is 88.4 Å². The third-order valence-corrected chi connectivity index (χ3v) is 14.1. The number of aromatic nitrogens is 4. The van der Waals surface area contributed by atoms with Gasteiger partial charge in [-0.1, -0.05) is 90.0 Å². The Balaban J connectivity index is 0.000000163. The van der Waals surface area contributed by atoms with E-state index in [0.717, 1.165) is 73.7 Å². The van der Waals surface area contributed by atoms with Crippen molar-refractivity contribution in [2.75, 3.05) is 38.7 Å². The van der Waals surface area contributed by atoms with Crippen molar-refractivity contribution < 1.29 is 16.8 Å². The van der Waals surface area contributed by atoms with Crippen LogP contribution in [0.2, 0.25) is 5.15 Å². The number of rotatable bonds is 7. The second-order valence-corrected chi connectivity index (χ2v) is 20.0. The third kappa shape index (κ3) is 11.6. The number of sulfonamides is 2. The summed E-state index contributed by atoms with van der Waals surface area (Å²) in [6, 6.07) is 21.9. The second-order valence-electron chi connectivity index (χ2n) is 15.6. The molecule has 0 saturated carbocycles. The SMILES string of the molecule is CC1=CCN(S(C)(=O)=O)CC1.CC1Cc2ncnc(C3=CCN(S(C)(=O)=O)CC3)c2CN1Cc1ccccc1.CC1Cc2ncnc(Cl)c2CN1Cc1ccccc1. The molecule has 58 heavy (non-hydrogen) atoms. The van der Waals surface area contributed by atoms with E-state index < -0.39 is 20.0 Å². The smallest absolute Gasteiger partial charge is 0.211 e. The summed E-state index contributed by atoms with van der Waals surface area (Å²) in [5, 5.41) is 0.593. The normalized spacial score (nSPS) is 20.6. The Kier molecular flexibility index (Phi) is 14.6. The molecule has 0 fully saturated rings. The monoisotopic (exact) mass is 846 g/mol. The molecule has 0 amide bonds. The van der Waals surface area contributed by atoms with Gasteiger partial charge in [-0.2, -0.15) is 8.61 Å². The van der Waals surface area contributed by atoms with Gasteiger partial charge >= 0.3 is 0 Å². The lowest BCUT2D eigenvalue weighted by Gasteiger charge is -2.35. The molecule has 0 N–H and O–H groups in total. The van der Waals surface area contributed by atoms with E-state index in [1.807, 2.05) is 31.2 Å². The van der Waals surface area contributed by atoms with Crippen LogP contribution in [0.4, 0.5) is 0 Å². The average molecular weight is 848 g/mol. The number of nitrogens with zero attached hydrogens (tertiary/aromatic N) is 8. The van der Waals surface area contributed by atoms with Gasteiger partial charge in [-0.3, -0.25) is 9.80 Å². The highest BCUT2D eigenvalue weighted by Gasteiger charge is 2.29. The van der Waals surface area contributed by atoms with E-state index in [1.54, 1.807) is 12.7 Å². The zero-order valence-corrected chi connectivity index (χ0v) is 36.5. The highest BCUT2D eigenvalue weighted by molar-refractivity contribution is 7.88. The molecule has 8 rings (SSSR count). The van der Waals surface area contributed by atoms with Crippen LogP contribution in [0.15, 0.2) is 91.0 Å². The lowest BCUT2D eigenvalue weighted by Crippen LogP contribution is -2.39. The molecule has 0 spiro atoms. The molecule has 0 radical (unpaired) electrons. The molecule has 4 aliphatic heterocycles. The van der Waals surface area contributed by atoms with Gasteiger partial charge in [0.25, 0.3) is 0 Å². The molecule has 2 unspecified atom stereocenters. The van der Waals surface area contributed by atoms with Crippen LogP contribution in [-0.2, 0) is 59.1 Å². The van der Waals surface area contributed by atoms with Gasteiger partial charge in [0.2, 0.25) is 20.0 Å². The Morgan fingerprint density at radius 3 is 1.62 bits per heavy atom. The van der Waals surface area contributed by atoms with Crippen molar-refractivity contribution in [3.8, 4) is 0 Å². The van der Waals surface area contributed by atoms with Crippen molar-refractivity contribution in [2.45, 2.75) is 84.7 Å². The number of fused-ring (bicyclic) bond motifs is 2.